The Balaban J connectivity index is 1.42. The van der Waals surface area contributed by atoms with Gasteiger partial charge >= 0.3 is 0 Å². The Bertz CT molecular complexity index is 951. The van der Waals surface area contributed by atoms with Gasteiger partial charge in [-0.25, -0.2) is 4.39 Å². The van der Waals surface area contributed by atoms with Crippen molar-refractivity contribution in [3.05, 3.63) is 45.9 Å². The van der Waals surface area contributed by atoms with Gasteiger partial charge in [-0.1, -0.05) is 12.1 Å². The number of carbonyl (C=O) groups is 2. The van der Waals surface area contributed by atoms with Crippen molar-refractivity contribution in [1.29, 1.82) is 5.26 Å². The molecule has 2 heterocycles. The number of halogens is 1. The number of thiophene rings is 1. The second kappa shape index (κ2) is 7.82. The van der Waals surface area contributed by atoms with Crippen LogP contribution in [0.5, 0.6) is 0 Å². The van der Waals surface area contributed by atoms with Crippen molar-refractivity contribution in [2.45, 2.75) is 43.8 Å². The summed E-state index contributed by atoms with van der Waals surface area (Å²) in [6, 6.07) is 7.97. The molecule has 1 aliphatic heterocycles. The van der Waals surface area contributed by atoms with Gasteiger partial charge in [0.2, 0.25) is 5.91 Å². The second-order valence-corrected chi connectivity index (χ2v) is 8.41. The highest BCUT2D eigenvalue weighted by Crippen LogP contribution is 2.35. The smallest absolute Gasteiger partial charge is 0.238 e. The van der Waals surface area contributed by atoms with Crippen LogP contribution in [0.3, 0.4) is 0 Å². The van der Waals surface area contributed by atoms with E-state index in [4.69, 9.17) is 0 Å². The first-order valence-corrected chi connectivity index (χ1v) is 10.2. The van der Waals surface area contributed by atoms with Crippen LogP contribution in [0.1, 0.15) is 34.5 Å². The first-order chi connectivity index (χ1) is 13.6. The third-order valence-corrected chi connectivity index (χ3v) is 6.52. The number of piperidine rings is 1. The highest BCUT2D eigenvalue weighted by atomic mass is 32.1. The zero-order valence-corrected chi connectivity index (χ0v) is 16.0. The Labute approximate surface area is 166 Å². The average Bonchev–Trinajstić information content (AvgIpc) is 3.45. The van der Waals surface area contributed by atoms with E-state index in [9.17, 15) is 19.2 Å². The number of hydrogen-bond donors (Lipinski definition) is 2. The van der Waals surface area contributed by atoms with E-state index in [2.05, 4.69) is 16.7 Å². The van der Waals surface area contributed by atoms with Crippen molar-refractivity contribution in [1.82, 2.24) is 10.6 Å². The minimum absolute atomic E-state index is 0.110. The molecule has 2 N–H and O–H groups in total. The minimum Gasteiger partial charge on any atom is -0.339 e. The highest BCUT2D eigenvalue weighted by molar-refractivity contribution is 7.12. The van der Waals surface area contributed by atoms with Crippen molar-refractivity contribution in [3.8, 4) is 17.2 Å². The number of amides is 1. The predicted octanol–water partition coefficient (Wildman–Crippen LogP) is 3.06. The Hall–Kier alpha value is -2.56. The number of carbonyl (C=O) groups excluding carboxylic acids is 2. The lowest BCUT2D eigenvalue weighted by atomic mass is 9.98. The number of nitriles is 1. The summed E-state index contributed by atoms with van der Waals surface area (Å²) in [4.78, 5) is 23.9. The van der Waals surface area contributed by atoms with Crippen LogP contribution in [0.2, 0.25) is 0 Å². The third-order valence-electron chi connectivity index (χ3n) is 5.66. The zero-order chi connectivity index (χ0) is 19.7. The summed E-state index contributed by atoms with van der Waals surface area (Å²) in [5, 5.41) is 17.3. The fourth-order valence-corrected chi connectivity index (χ4v) is 4.94. The molecule has 5 nitrogen and oxygen atoms in total. The van der Waals surface area contributed by atoms with E-state index in [0.29, 0.717) is 28.0 Å². The lowest BCUT2D eigenvalue weighted by Gasteiger charge is -2.23. The van der Waals surface area contributed by atoms with Crippen molar-refractivity contribution < 1.29 is 14.0 Å². The molecular weight excluding hydrogens is 377 g/mol. The Morgan fingerprint density at radius 1 is 1.39 bits per heavy atom. The fourth-order valence-electron chi connectivity index (χ4n) is 4.22. The van der Waals surface area contributed by atoms with E-state index in [-0.39, 0.29) is 18.4 Å². The summed E-state index contributed by atoms with van der Waals surface area (Å²) < 4.78 is 14.6. The molecule has 2 aromatic rings. The Kier molecular flexibility index (Phi) is 5.25. The number of nitrogens with one attached hydrogen (secondary N) is 2. The SMILES string of the molecule is N#C[C@H](Cc1ccc(-c2csc(C=O)c2)cc1F)NC(=O)[C@H]1N[C@@H]2CC[C@H]1C2. The van der Waals surface area contributed by atoms with Gasteiger partial charge in [0.1, 0.15) is 11.9 Å². The summed E-state index contributed by atoms with van der Waals surface area (Å²) in [5.74, 6) is -0.262. The van der Waals surface area contributed by atoms with E-state index < -0.39 is 11.9 Å². The zero-order valence-electron chi connectivity index (χ0n) is 15.2. The van der Waals surface area contributed by atoms with Crippen LogP contribution in [0.15, 0.2) is 29.6 Å². The molecule has 1 saturated carbocycles. The van der Waals surface area contributed by atoms with Crippen molar-refractivity contribution in [2.75, 3.05) is 0 Å². The number of fused-ring (bicyclic) bond motifs is 2. The number of hydrogen-bond acceptors (Lipinski definition) is 5. The summed E-state index contributed by atoms with van der Waals surface area (Å²) >= 11 is 1.31. The van der Waals surface area contributed by atoms with E-state index in [1.54, 1.807) is 23.6 Å². The second-order valence-electron chi connectivity index (χ2n) is 7.47. The molecule has 4 atom stereocenters. The number of benzene rings is 1. The van der Waals surface area contributed by atoms with Gasteiger partial charge < -0.3 is 10.6 Å². The summed E-state index contributed by atoms with van der Waals surface area (Å²) in [5.41, 5.74) is 1.83. The van der Waals surface area contributed by atoms with Crippen molar-refractivity contribution in [3.63, 3.8) is 0 Å². The van der Waals surface area contributed by atoms with E-state index in [0.717, 1.165) is 31.1 Å². The van der Waals surface area contributed by atoms with Crippen LogP contribution >= 0.6 is 11.3 Å². The van der Waals surface area contributed by atoms with E-state index in [1.807, 2.05) is 0 Å². The molecule has 2 bridgehead atoms. The van der Waals surface area contributed by atoms with Crippen LogP contribution < -0.4 is 10.6 Å². The minimum atomic E-state index is -0.781. The van der Waals surface area contributed by atoms with Gasteiger partial charge in [-0.05, 0) is 59.4 Å². The molecule has 28 heavy (non-hydrogen) atoms. The number of rotatable bonds is 6. The van der Waals surface area contributed by atoms with Gasteiger partial charge in [-0.15, -0.1) is 11.3 Å². The van der Waals surface area contributed by atoms with Gasteiger partial charge in [0.05, 0.1) is 17.0 Å². The van der Waals surface area contributed by atoms with E-state index >= 15 is 0 Å². The third kappa shape index (κ3) is 3.71. The molecule has 2 aliphatic rings. The summed E-state index contributed by atoms with van der Waals surface area (Å²) in [6.45, 7) is 0. The van der Waals surface area contributed by atoms with Crippen molar-refractivity contribution in [2.24, 2.45) is 5.92 Å². The molecule has 0 radical (unpaired) electrons. The topological polar surface area (TPSA) is 82.0 Å². The summed E-state index contributed by atoms with van der Waals surface area (Å²) in [6.07, 6.45) is 4.03. The maximum absolute atomic E-state index is 14.6. The molecule has 1 aromatic heterocycles. The first-order valence-electron chi connectivity index (χ1n) is 9.36. The highest BCUT2D eigenvalue weighted by Gasteiger charge is 2.43. The largest absolute Gasteiger partial charge is 0.339 e. The maximum Gasteiger partial charge on any atom is 0.238 e. The summed E-state index contributed by atoms with van der Waals surface area (Å²) in [7, 11) is 0. The molecule has 1 aromatic carbocycles. The average molecular weight is 397 g/mol. The molecule has 1 saturated heterocycles. The molecule has 0 unspecified atom stereocenters. The van der Waals surface area contributed by atoms with Crippen LogP contribution in [-0.4, -0.2) is 30.3 Å². The quantitative estimate of drug-likeness (QED) is 0.734. The molecule has 1 amide bonds. The lowest BCUT2D eigenvalue weighted by Crippen LogP contribution is -2.50. The predicted molar refractivity (Wildman–Crippen MR) is 104 cm³/mol. The van der Waals surface area contributed by atoms with Gasteiger partial charge in [0.25, 0.3) is 0 Å². The number of nitrogens with zero attached hydrogens (tertiary/aromatic N) is 1. The maximum atomic E-state index is 14.6. The van der Waals surface area contributed by atoms with Gasteiger partial charge in [-0.2, -0.15) is 5.26 Å². The first kappa shape index (κ1) is 18.8. The fraction of sp³-hybridized carbons (Fsp3) is 0.381. The monoisotopic (exact) mass is 397 g/mol. The van der Waals surface area contributed by atoms with Gasteiger partial charge in [-0.3, -0.25) is 9.59 Å². The molecule has 2 fully saturated rings. The molecular formula is C21H20FN3O2S. The molecule has 7 heteroatoms. The molecule has 4 rings (SSSR count). The normalized spacial score (nSPS) is 23.9. The van der Waals surface area contributed by atoms with Gasteiger partial charge in [0.15, 0.2) is 6.29 Å². The standard InChI is InChI=1S/C21H20FN3O2S/c22-19-8-12(15-7-18(10-26)28-11-15)1-2-13(19)5-17(9-23)25-21(27)20-14-3-4-16(6-14)24-20/h1-2,7-8,10-11,14,16-17,20,24H,3-6H2,(H,25,27)/t14-,16+,17-,20-/m0/s1. The molecule has 144 valence electrons. The van der Waals surface area contributed by atoms with Crippen LogP contribution in [-0.2, 0) is 11.2 Å². The lowest BCUT2D eigenvalue weighted by molar-refractivity contribution is -0.124. The van der Waals surface area contributed by atoms with Crippen LogP contribution in [0.4, 0.5) is 4.39 Å². The van der Waals surface area contributed by atoms with Crippen LogP contribution in [0.25, 0.3) is 11.1 Å². The van der Waals surface area contributed by atoms with Gasteiger partial charge in [0, 0.05) is 12.5 Å². The van der Waals surface area contributed by atoms with Crippen molar-refractivity contribution >= 4 is 23.5 Å². The Morgan fingerprint density at radius 2 is 2.25 bits per heavy atom. The number of aldehydes is 1. The van der Waals surface area contributed by atoms with Crippen LogP contribution in [0, 0.1) is 23.1 Å². The van der Waals surface area contributed by atoms with E-state index in [1.165, 1.54) is 17.4 Å². The molecule has 0 spiro atoms. The Morgan fingerprint density at radius 3 is 2.86 bits per heavy atom. The molecule has 1 aliphatic carbocycles.